The third kappa shape index (κ3) is 3.95. The molecule has 1 rings (SSSR count). The van der Waals surface area contributed by atoms with Gasteiger partial charge in [-0.25, -0.2) is 0 Å². The second-order valence-electron chi connectivity index (χ2n) is 4.22. The first-order chi connectivity index (χ1) is 6.74. The summed E-state index contributed by atoms with van der Waals surface area (Å²) in [6.07, 6.45) is 6.43. The lowest BCUT2D eigenvalue weighted by Crippen LogP contribution is -2.37. The highest BCUT2D eigenvalue weighted by Crippen LogP contribution is 2.19. The van der Waals surface area contributed by atoms with Crippen LogP contribution in [0.2, 0.25) is 0 Å². The molecule has 3 unspecified atom stereocenters. The number of ether oxygens (including phenoxy) is 2. The molecule has 0 radical (unpaired) electrons. The Bertz CT molecular complexity index is 152. The fourth-order valence-electron chi connectivity index (χ4n) is 1.84. The average molecular weight is 201 g/mol. The van der Waals surface area contributed by atoms with Crippen molar-refractivity contribution in [3.05, 3.63) is 0 Å². The SMILES string of the molecule is COC(C)COC1CCCCCC1N. The van der Waals surface area contributed by atoms with Crippen molar-refractivity contribution in [2.45, 2.75) is 57.3 Å². The molecule has 0 spiro atoms. The van der Waals surface area contributed by atoms with Crippen LogP contribution in [0.15, 0.2) is 0 Å². The van der Waals surface area contributed by atoms with Gasteiger partial charge < -0.3 is 15.2 Å². The fraction of sp³-hybridized carbons (Fsp3) is 1.00. The molecule has 14 heavy (non-hydrogen) atoms. The smallest absolute Gasteiger partial charge is 0.0776 e. The quantitative estimate of drug-likeness (QED) is 0.704. The van der Waals surface area contributed by atoms with Crippen LogP contribution in [0, 0.1) is 0 Å². The predicted octanol–water partition coefficient (Wildman–Crippen LogP) is 1.70. The Labute approximate surface area is 86.9 Å². The first-order valence-corrected chi connectivity index (χ1v) is 5.64. The fourth-order valence-corrected chi connectivity index (χ4v) is 1.84. The van der Waals surface area contributed by atoms with Gasteiger partial charge >= 0.3 is 0 Å². The Balaban J connectivity index is 2.26. The molecular weight excluding hydrogens is 178 g/mol. The van der Waals surface area contributed by atoms with Crippen molar-refractivity contribution >= 4 is 0 Å². The van der Waals surface area contributed by atoms with Crippen LogP contribution in [0.1, 0.15) is 39.0 Å². The molecule has 84 valence electrons. The maximum absolute atomic E-state index is 6.04. The molecule has 0 amide bonds. The molecule has 3 heteroatoms. The van der Waals surface area contributed by atoms with E-state index >= 15 is 0 Å². The van der Waals surface area contributed by atoms with Gasteiger partial charge in [-0.2, -0.15) is 0 Å². The molecule has 1 saturated carbocycles. The van der Waals surface area contributed by atoms with E-state index in [1.807, 2.05) is 6.92 Å². The van der Waals surface area contributed by atoms with Gasteiger partial charge in [0.2, 0.25) is 0 Å². The molecule has 3 nitrogen and oxygen atoms in total. The number of hydrogen-bond donors (Lipinski definition) is 1. The third-order valence-corrected chi connectivity index (χ3v) is 2.95. The normalized spacial score (nSPS) is 31.1. The van der Waals surface area contributed by atoms with Crippen molar-refractivity contribution in [1.29, 1.82) is 0 Å². The minimum atomic E-state index is 0.172. The van der Waals surface area contributed by atoms with Gasteiger partial charge in [-0.15, -0.1) is 0 Å². The summed E-state index contributed by atoms with van der Waals surface area (Å²) in [5.41, 5.74) is 6.04. The summed E-state index contributed by atoms with van der Waals surface area (Å²) in [4.78, 5) is 0. The predicted molar refractivity (Wildman–Crippen MR) is 57.3 cm³/mol. The molecule has 1 fully saturated rings. The van der Waals surface area contributed by atoms with Gasteiger partial charge in [-0.1, -0.05) is 19.3 Å². The molecule has 0 bridgehead atoms. The first-order valence-electron chi connectivity index (χ1n) is 5.64. The Hall–Kier alpha value is -0.120. The second kappa shape index (κ2) is 6.38. The van der Waals surface area contributed by atoms with E-state index in [2.05, 4.69) is 0 Å². The number of nitrogens with two attached hydrogens (primary N) is 1. The Morgan fingerprint density at radius 3 is 2.71 bits per heavy atom. The topological polar surface area (TPSA) is 44.5 Å². The van der Waals surface area contributed by atoms with Gasteiger partial charge in [0.1, 0.15) is 0 Å². The van der Waals surface area contributed by atoms with E-state index in [1.165, 1.54) is 19.3 Å². The van der Waals surface area contributed by atoms with Crippen molar-refractivity contribution in [2.24, 2.45) is 5.73 Å². The zero-order valence-corrected chi connectivity index (χ0v) is 9.37. The van der Waals surface area contributed by atoms with Crippen LogP contribution in [-0.4, -0.2) is 32.0 Å². The maximum Gasteiger partial charge on any atom is 0.0776 e. The first kappa shape index (κ1) is 12.0. The van der Waals surface area contributed by atoms with Crippen molar-refractivity contribution in [3.63, 3.8) is 0 Å². The molecule has 2 N–H and O–H groups in total. The summed E-state index contributed by atoms with van der Waals surface area (Å²) < 4.78 is 10.9. The highest BCUT2D eigenvalue weighted by atomic mass is 16.5. The van der Waals surface area contributed by atoms with E-state index in [-0.39, 0.29) is 18.2 Å². The summed E-state index contributed by atoms with van der Waals surface area (Å²) in [7, 11) is 1.71. The standard InChI is InChI=1S/C11H23NO2/c1-9(13-2)8-14-11-7-5-3-4-6-10(11)12/h9-11H,3-8,12H2,1-2H3. The lowest BCUT2D eigenvalue weighted by atomic mass is 10.1. The van der Waals surface area contributed by atoms with Crippen LogP contribution in [0.4, 0.5) is 0 Å². The van der Waals surface area contributed by atoms with E-state index in [4.69, 9.17) is 15.2 Å². The molecule has 0 aliphatic heterocycles. The van der Waals surface area contributed by atoms with Gasteiger partial charge in [-0.3, -0.25) is 0 Å². The molecular formula is C11H23NO2. The largest absolute Gasteiger partial charge is 0.379 e. The van der Waals surface area contributed by atoms with Gasteiger partial charge in [0.05, 0.1) is 18.8 Å². The third-order valence-electron chi connectivity index (χ3n) is 2.95. The van der Waals surface area contributed by atoms with E-state index < -0.39 is 0 Å². The maximum atomic E-state index is 6.04. The average Bonchev–Trinajstić information content (AvgIpc) is 2.39. The lowest BCUT2D eigenvalue weighted by molar-refractivity contribution is -0.0308. The van der Waals surface area contributed by atoms with Gasteiger partial charge in [-0.05, 0) is 19.8 Å². The van der Waals surface area contributed by atoms with E-state index in [0.29, 0.717) is 6.61 Å². The van der Waals surface area contributed by atoms with E-state index in [9.17, 15) is 0 Å². The molecule has 1 aliphatic carbocycles. The second-order valence-corrected chi connectivity index (χ2v) is 4.22. The minimum absolute atomic E-state index is 0.172. The summed E-state index contributed by atoms with van der Waals surface area (Å²) in [5.74, 6) is 0. The van der Waals surface area contributed by atoms with Gasteiger partial charge in [0.25, 0.3) is 0 Å². The molecule has 1 aliphatic rings. The van der Waals surface area contributed by atoms with Crippen LogP contribution in [-0.2, 0) is 9.47 Å². The highest BCUT2D eigenvalue weighted by Gasteiger charge is 2.21. The monoisotopic (exact) mass is 201 g/mol. The van der Waals surface area contributed by atoms with E-state index in [0.717, 1.165) is 12.8 Å². The number of methoxy groups -OCH3 is 1. The van der Waals surface area contributed by atoms with Crippen molar-refractivity contribution in [2.75, 3.05) is 13.7 Å². The summed E-state index contributed by atoms with van der Waals surface area (Å²) >= 11 is 0. The Kier molecular flexibility index (Phi) is 5.45. The highest BCUT2D eigenvalue weighted by molar-refractivity contribution is 4.77. The van der Waals surface area contributed by atoms with Crippen LogP contribution in [0.5, 0.6) is 0 Å². The molecule has 0 heterocycles. The van der Waals surface area contributed by atoms with Crippen LogP contribution in [0.25, 0.3) is 0 Å². The molecule has 0 aromatic carbocycles. The van der Waals surface area contributed by atoms with Crippen molar-refractivity contribution < 1.29 is 9.47 Å². The minimum Gasteiger partial charge on any atom is -0.379 e. The number of rotatable bonds is 4. The lowest BCUT2D eigenvalue weighted by Gasteiger charge is -2.23. The van der Waals surface area contributed by atoms with Crippen molar-refractivity contribution in [3.8, 4) is 0 Å². The van der Waals surface area contributed by atoms with Crippen LogP contribution in [0.3, 0.4) is 0 Å². The van der Waals surface area contributed by atoms with Gasteiger partial charge in [0.15, 0.2) is 0 Å². The van der Waals surface area contributed by atoms with Gasteiger partial charge in [0, 0.05) is 13.2 Å². The van der Waals surface area contributed by atoms with E-state index in [1.54, 1.807) is 7.11 Å². The van der Waals surface area contributed by atoms with Crippen molar-refractivity contribution in [1.82, 2.24) is 0 Å². The Morgan fingerprint density at radius 1 is 1.29 bits per heavy atom. The Morgan fingerprint density at radius 2 is 2.00 bits per heavy atom. The van der Waals surface area contributed by atoms with Crippen LogP contribution < -0.4 is 5.73 Å². The number of hydrogen-bond acceptors (Lipinski definition) is 3. The molecule has 3 atom stereocenters. The molecule has 0 aromatic heterocycles. The summed E-state index contributed by atoms with van der Waals surface area (Å²) in [5, 5.41) is 0. The van der Waals surface area contributed by atoms with Crippen LogP contribution >= 0.6 is 0 Å². The molecule has 0 saturated heterocycles. The zero-order valence-electron chi connectivity index (χ0n) is 9.37. The molecule has 0 aromatic rings. The summed E-state index contributed by atoms with van der Waals surface area (Å²) in [6, 6.07) is 0.224. The zero-order chi connectivity index (χ0) is 10.4. The summed E-state index contributed by atoms with van der Waals surface area (Å²) in [6.45, 7) is 2.68.